The zero-order valence-electron chi connectivity index (χ0n) is 57.2. The van der Waals surface area contributed by atoms with Crippen molar-refractivity contribution in [3.05, 3.63) is 146 Å². The van der Waals surface area contributed by atoms with Crippen LogP contribution < -0.4 is 0 Å². The molecule has 0 aromatic carbocycles. The third-order valence-electron chi connectivity index (χ3n) is 14.9. The SMILES string of the molecule is CC/C=C\C/C=C\C/C=C\C/C=C\C/C=C\C/C=C\C/C=C\C/C=C\CCCCCCCCCCCCCCC(=O)OC(COC(=O)CCCCCCCCCCCCCCCC/C=C\C/C=C\C/C=C\C/C=C\CC)COP(=O)(O)OCC[N+](C)(C)C. The van der Waals surface area contributed by atoms with Crippen LogP contribution in [-0.2, 0) is 32.7 Å². The van der Waals surface area contributed by atoms with Gasteiger partial charge in [0.05, 0.1) is 27.7 Å². The van der Waals surface area contributed by atoms with E-state index in [-0.39, 0.29) is 32.0 Å². The standard InChI is InChI=1S/C78H132NO8P/c1-6-8-10-12-14-16-18-20-22-24-26-28-30-32-34-35-36-37-38-39-40-41-42-43-45-47-49-51-53-55-57-59-61-63-65-67-69-71-78(81)87-76(75-86-88(82,83)85-73-72-79(3,4)5)74-84-77(80)70-68-66-64-62-60-58-56-54-52-50-48-46-44-33-31-29-27-25-23-21-19-17-15-13-11-9-7-2/h8-11,14-17,20-23,26-29,32,34,36-37,39-40,42-43,76H,6-7,12-13,18-19,24-25,30-31,33,35,38,41,44-75H2,1-5H3/p+1/b10-8-,11-9-,16-14-,17-15-,22-20-,23-21-,28-26-,29-27-,34-32-,37-36-,40-39-,43-42-. The highest BCUT2D eigenvalue weighted by molar-refractivity contribution is 7.47. The predicted octanol–water partition coefficient (Wildman–Crippen LogP) is 23.4. The Labute approximate surface area is 542 Å². The lowest BCUT2D eigenvalue weighted by molar-refractivity contribution is -0.870. The summed E-state index contributed by atoms with van der Waals surface area (Å²) in [6, 6.07) is 0. The minimum atomic E-state index is -4.40. The lowest BCUT2D eigenvalue weighted by atomic mass is 10.0. The summed E-state index contributed by atoms with van der Waals surface area (Å²) in [7, 11) is 1.47. The molecule has 1 N–H and O–H groups in total. The van der Waals surface area contributed by atoms with Gasteiger partial charge in [0.15, 0.2) is 6.10 Å². The second kappa shape index (κ2) is 67.3. The van der Waals surface area contributed by atoms with Crippen molar-refractivity contribution in [2.24, 2.45) is 0 Å². The van der Waals surface area contributed by atoms with Crippen molar-refractivity contribution >= 4 is 19.8 Å². The Balaban J connectivity index is 4.07. The van der Waals surface area contributed by atoms with Gasteiger partial charge in [-0.3, -0.25) is 18.6 Å². The predicted molar refractivity (Wildman–Crippen MR) is 380 cm³/mol. The van der Waals surface area contributed by atoms with Crippen LogP contribution in [0.5, 0.6) is 0 Å². The maximum absolute atomic E-state index is 12.9. The van der Waals surface area contributed by atoms with E-state index in [1.165, 1.54) is 135 Å². The second-order valence-electron chi connectivity index (χ2n) is 24.5. The highest BCUT2D eigenvalue weighted by Crippen LogP contribution is 2.43. The summed E-state index contributed by atoms with van der Waals surface area (Å²) in [4.78, 5) is 35.9. The van der Waals surface area contributed by atoms with E-state index in [9.17, 15) is 19.0 Å². The minimum Gasteiger partial charge on any atom is -0.462 e. The molecule has 2 atom stereocenters. The number of quaternary nitrogens is 1. The van der Waals surface area contributed by atoms with Gasteiger partial charge in [-0.25, -0.2) is 4.57 Å². The summed E-state index contributed by atoms with van der Waals surface area (Å²) in [6.07, 6.45) is 99.5. The Bertz CT molecular complexity index is 2000. The monoisotopic (exact) mass is 1240 g/mol. The molecule has 9 nitrogen and oxygen atoms in total. The topological polar surface area (TPSA) is 108 Å². The molecule has 2 unspecified atom stereocenters. The maximum Gasteiger partial charge on any atom is 0.472 e. The Morgan fingerprint density at radius 1 is 0.352 bits per heavy atom. The number of allylic oxidation sites excluding steroid dienone is 24. The largest absolute Gasteiger partial charge is 0.472 e. The van der Waals surface area contributed by atoms with Gasteiger partial charge >= 0.3 is 19.8 Å². The first-order valence-corrected chi connectivity index (χ1v) is 37.1. The molecule has 0 aliphatic carbocycles. The van der Waals surface area contributed by atoms with E-state index in [0.29, 0.717) is 17.4 Å². The smallest absolute Gasteiger partial charge is 0.462 e. The summed E-state index contributed by atoms with van der Waals surface area (Å²) in [5.74, 6) is -0.801. The summed E-state index contributed by atoms with van der Waals surface area (Å²) in [5, 5.41) is 0. The summed E-state index contributed by atoms with van der Waals surface area (Å²) < 4.78 is 34.7. The highest BCUT2D eigenvalue weighted by atomic mass is 31.2. The van der Waals surface area contributed by atoms with Gasteiger partial charge in [-0.15, -0.1) is 0 Å². The normalized spacial score (nSPS) is 14.0. The number of rotatable bonds is 64. The number of likely N-dealkylation sites (N-methyl/N-ethyl adjacent to an activating group) is 1. The van der Waals surface area contributed by atoms with E-state index in [2.05, 4.69) is 160 Å². The minimum absolute atomic E-state index is 0.0256. The highest BCUT2D eigenvalue weighted by Gasteiger charge is 2.27. The van der Waals surface area contributed by atoms with Crippen LogP contribution in [0.3, 0.4) is 0 Å². The average molecular weight is 1240 g/mol. The van der Waals surface area contributed by atoms with Gasteiger partial charge < -0.3 is 18.9 Å². The third-order valence-corrected chi connectivity index (χ3v) is 15.8. The number of hydrogen-bond acceptors (Lipinski definition) is 7. The van der Waals surface area contributed by atoms with Crippen LogP contribution in [0, 0.1) is 0 Å². The van der Waals surface area contributed by atoms with Crippen LogP contribution in [0.25, 0.3) is 0 Å². The molecule has 0 spiro atoms. The number of phosphoric acid groups is 1. The van der Waals surface area contributed by atoms with E-state index in [1.807, 2.05) is 21.1 Å². The lowest BCUT2D eigenvalue weighted by Crippen LogP contribution is -2.37. The van der Waals surface area contributed by atoms with Crippen molar-refractivity contribution in [1.29, 1.82) is 0 Å². The number of carbonyl (C=O) groups is 2. The molecule has 0 radical (unpaired) electrons. The molecule has 0 amide bonds. The fourth-order valence-electron chi connectivity index (χ4n) is 9.50. The van der Waals surface area contributed by atoms with Crippen LogP contribution in [0.4, 0.5) is 0 Å². The van der Waals surface area contributed by atoms with Crippen molar-refractivity contribution in [3.63, 3.8) is 0 Å². The van der Waals surface area contributed by atoms with Crippen LogP contribution in [0.15, 0.2) is 146 Å². The Morgan fingerprint density at radius 3 is 0.909 bits per heavy atom. The van der Waals surface area contributed by atoms with E-state index >= 15 is 0 Å². The van der Waals surface area contributed by atoms with E-state index in [4.69, 9.17) is 18.5 Å². The van der Waals surface area contributed by atoms with Crippen LogP contribution in [0.1, 0.15) is 284 Å². The van der Waals surface area contributed by atoms with Gasteiger partial charge in [0.25, 0.3) is 0 Å². The van der Waals surface area contributed by atoms with Gasteiger partial charge in [0.1, 0.15) is 19.8 Å². The summed E-state index contributed by atoms with van der Waals surface area (Å²) in [6.45, 7) is 4.21. The zero-order valence-corrected chi connectivity index (χ0v) is 58.1. The zero-order chi connectivity index (χ0) is 64.1. The van der Waals surface area contributed by atoms with Crippen LogP contribution >= 0.6 is 7.82 Å². The Hall–Kier alpha value is -4.11. The lowest BCUT2D eigenvalue weighted by Gasteiger charge is -2.24. The number of phosphoric ester groups is 1. The molecule has 0 aromatic rings. The van der Waals surface area contributed by atoms with Crippen molar-refractivity contribution in [3.8, 4) is 0 Å². The number of ether oxygens (including phenoxy) is 2. The molecule has 10 heteroatoms. The first-order valence-electron chi connectivity index (χ1n) is 35.6. The van der Waals surface area contributed by atoms with Gasteiger partial charge in [-0.2, -0.15) is 0 Å². The number of nitrogens with zero attached hydrogens (tertiary/aromatic N) is 1. The molecule has 0 bridgehead atoms. The third kappa shape index (κ3) is 71.0. The maximum atomic E-state index is 12.9. The number of carbonyl (C=O) groups excluding carboxylic acids is 2. The Kier molecular flexibility index (Phi) is 64.1. The van der Waals surface area contributed by atoms with Gasteiger partial charge in [-0.05, 0) is 116 Å². The first-order chi connectivity index (χ1) is 43.0. The van der Waals surface area contributed by atoms with E-state index < -0.39 is 26.5 Å². The van der Waals surface area contributed by atoms with Crippen LogP contribution in [-0.4, -0.2) is 74.9 Å². The molecular formula is C78H133NO8P+. The molecule has 0 aliphatic heterocycles. The van der Waals surface area contributed by atoms with E-state index in [0.717, 1.165) is 116 Å². The van der Waals surface area contributed by atoms with Crippen molar-refractivity contribution in [2.75, 3.05) is 47.5 Å². The molecular weight excluding hydrogens is 1110 g/mol. The molecule has 0 rings (SSSR count). The van der Waals surface area contributed by atoms with Crippen LogP contribution in [0.2, 0.25) is 0 Å². The molecule has 0 saturated heterocycles. The van der Waals surface area contributed by atoms with E-state index in [1.54, 1.807) is 0 Å². The fourth-order valence-corrected chi connectivity index (χ4v) is 10.2. The summed E-state index contributed by atoms with van der Waals surface area (Å²) in [5.41, 5.74) is 0. The van der Waals surface area contributed by atoms with Gasteiger partial charge in [0, 0.05) is 12.8 Å². The van der Waals surface area contributed by atoms with Crippen molar-refractivity contribution in [1.82, 2.24) is 0 Å². The number of unbranched alkanes of at least 4 members (excludes halogenated alkanes) is 26. The first kappa shape index (κ1) is 83.9. The number of esters is 2. The molecule has 0 fully saturated rings. The quantitative estimate of drug-likeness (QED) is 0.0211. The molecule has 0 aromatic heterocycles. The summed E-state index contributed by atoms with van der Waals surface area (Å²) >= 11 is 0. The second-order valence-corrected chi connectivity index (χ2v) is 26.0. The number of hydrogen-bond donors (Lipinski definition) is 1. The van der Waals surface area contributed by atoms with Gasteiger partial charge in [-0.1, -0.05) is 301 Å². The molecule has 0 heterocycles. The van der Waals surface area contributed by atoms with Crippen molar-refractivity contribution in [2.45, 2.75) is 290 Å². The van der Waals surface area contributed by atoms with Gasteiger partial charge in [0.2, 0.25) is 0 Å². The Morgan fingerprint density at radius 2 is 0.614 bits per heavy atom. The molecule has 502 valence electrons. The fraction of sp³-hybridized carbons (Fsp3) is 0.667. The molecule has 0 saturated carbocycles. The molecule has 0 aliphatic rings. The molecule has 88 heavy (non-hydrogen) atoms. The average Bonchev–Trinajstić information content (AvgIpc) is 3.68. The van der Waals surface area contributed by atoms with Crippen molar-refractivity contribution < 1.29 is 42.1 Å².